The molecule has 0 aliphatic carbocycles. The van der Waals surface area contributed by atoms with Crippen molar-refractivity contribution >= 4 is 56.3 Å². The van der Waals surface area contributed by atoms with Gasteiger partial charge < -0.3 is 11.1 Å². The number of nitrogens with one attached hydrogen (secondary N) is 1. The molecule has 0 spiro atoms. The number of aryl methyl sites for hydroxylation is 1. The van der Waals surface area contributed by atoms with Crippen LogP contribution < -0.4 is 11.1 Å². The van der Waals surface area contributed by atoms with Gasteiger partial charge in [0.15, 0.2) is 5.13 Å². The van der Waals surface area contributed by atoms with Gasteiger partial charge in [0.25, 0.3) is 0 Å². The largest absolute Gasteiger partial charge is 0.320 e. The molecule has 0 fully saturated rings. The molecule has 7 heteroatoms. The van der Waals surface area contributed by atoms with Crippen LogP contribution in [0.25, 0.3) is 0 Å². The molecule has 1 rings (SSSR count). The van der Waals surface area contributed by atoms with Crippen molar-refractivity contribution in [2.45, 2.75) is 26.8 Å². The second-order valence-electron chi connectivity index (χ2n) is 3.55. The molecule has 3 N–H and O–H groups in total. The lowest BCUT2D eigenvalue weighted by Gasteiger charge is -2.13. The number of carbonyl (C=O) groups excluding carboxylic acids is 1. The second kappa shape index (κ2) is 8.16. The molecule has 1 amide bonds. The fourth-order valence-corrected chi connectivity index (χ4v) is 1.59. The third kappa shape index (κ3) is 5.38. The lowest BCUT2D eigenvalue weighted by Crippen LogP contribution is -2.39. The number of aromatic nitrogens is 1. The van der Waals surface area contributed by atoms with Gasteiger partial charge in [0.1, 0.15) is 0 Å². The molecule has 0 saturated heterocycles. The quantitative estimate of drug-likeness (QED) is 0.854. The Kier molecular flexibility index (Phi) is 9.38. The summed E-state index contributed by atoms with van der Waals surface area (Å²) in [6.07, 6.45) is 0. The Bertz CT molecular complexity index is 330. The summed E-state index contributed by atoms with van der Waals surface area (Å²) < 4.78 is 0. The Balaban J connectivity index is 0. The van der Waals surface area contributed by atoms with Gasteiger partial charge in [-0.2, -0.15) is 0 Å². The molecule has 1 unspecified atom stereocenters. The van der Waals surface area contributed by atoms with E-state index in [1.807, 2.05) is 26.2 Å². The van der Waals surface area contributed by atoms with Gasteiger partial charge in [-0.15, -0.1) is 45.3 Å². The molecule has 0 saturated carbocycles. The van der Waals surface area contributed by atoms with Crippen LogP contribution >= 0.6 is 45.3 Å². The van der Waals surface area contributed by atoms with Gasteiger partial charge in [-0.1, -0.05) is 13.8 Å². The first kappa shape index (κ1) is 18.4. The van der Waals surface area contributed by atoms with Crippen LogP contribution in [0.1, 0.15) is 19.5 Å². The van der Waals surface area contributed by atoms with Crippen LogP contribution in [-0.2, 0) is 4.79 Å². The molecule has 1 aromatic heterocycles. The van der Waals surface area contributed by atoms with Crippen LogP contribution in [0.5, 0.6) is 0 Å². The molecule has 0 aliphatic rings. The van der Waals surface area contributed by atoms with Crippen LogP contribution in [0.3, 0.4) is 0 Å². The van der Waals surface area contributed by atoms with Crippen molar-refractivity contribution in [2.75, 3.05) is 5.32 Å². The Morgan fingerprint density at radius 1 is 1.50 bits per heavy atom. The van der Waals surface area contributed by atoms with Gasteiger partial charge in [-0.25, -0.2) is 4.98 Å². The first-order chi connectivity index (χ1) is 6.50. The van der Waals surface area contributed by atoms with Crippen molar-refractivity contribution in [2.24, 2.45) is 11.7 Å². The molecular weight excluding hydrogens is 358 g/mol. The third-order valence-corrected chi connectivity index (χ3v) is 2.75. The van der Waals surface area contributed by atoms with Gasteiger partial charge in [-0.05, 0) is 12.8 Å². The van der Waals surface area contributed by atoms with Crippen molar-refractivity contribution in [1.29, 1.82) is 0 Å². The molecule has 16 heavy (non-hydrogen) atoms. The van der Waals surface area contributed by atoms with E-state index in [-0.39, 0.29) is 45.8 Å². The summed E-state index contributed by atoms with van der Waals surface area (Å²) in [6.45, 7) is 5.71. The lowest BCUT2D eigenvalue weighted by atomic mass is 10.1. The van der Waals surface area contributed by atoms with E-state index >= 15 is 0 Å². The number of nitrogens with zero attached hydrogens (tertiary/aromatic N) is 1. The maximum Gasteiger partial charge on any atom is 0.243 e. The zero-order valence-electron chi connectivity index (χ0n) is 9.39. The summed E-state index contributed by atoms with van der Waals surface area (Å²) >= 11 is 1.41. The van der Waals surface area contributed by atoms with Gasteiger partial charge in [0.2, 0.25) is 5.91 Å². The summed E-state index contributed by atoms with van der Waals surface area (Å²) in [5, 5.41) is 5.19. The van der Waals surface area contributed by atoms with Crippen molar-refractivity contribution in [3.05, 3.63) is 11.1 Å². The fourth-order valence-electron chi connectivity index (χ4n) is 0.903. The highest BCUT2D eigenvalue weighted by molar-refractivity contribution is 8.93. The van der Waals surface area contributed by atoms with Crippen LogP contribution in [0.4, 0.5) is 5.13 Å². The number of rotatable bonds is 3. The minimum Gasteiger partial charge on any atom is -0.320 e. The maximum atomic E-state index is 11.5. The molecule has 4 nitrogen and oxygen atoms in total. The van der Waals surface area contributed by atoms with Gasteiger partial charge in [0.05, 0.1) is 11.7 Å². The molecule has 1 heterocycles. The zero-order chi connectivity index (χ0) is 10.7. The average Bonchev–Trinajstić information content (AvgIpc) is 2.49. The highest BCUT2D eigenvalue weighted by Gasteiger charge is 2.17. The monoisotopic (exact) mass is 373 g/mol. The van der Waals surface area contributed by atoms with Crippen molar-refractivity contribution < 1.29 is 4.79 Å². The minimum absolute atomic E-state index is 0. The molecule has 1 atom stereocenters. The number of carbonyl (C=O) groups is 1. The topological polar surface area (TPSA) is 68.0 Å². The first-order valence-corrected chi connectivity index (χ1v) is 5.37. The number of anilines is 1. The van der Waals surface area contributed by atoms with E-state index in [2.05, 4.69) is 10.3 Å². The average molecular weight is 375 g/mol. The highest BCUT2D eigenvalue weighted by Crippen LogP contribution is 2.15. The van der Waals surface area contributed by atoms with E-state index in [1.165, 1.54) is 11.3 Å². The van der Waals surface area contributed by atoms with Crippen LogP contribution in [0.2, 0.25) is 0 Å². The zero-order valence-corrected chi connectivity index (χ0v) is 13.6. The number of thiazole rings is 1. The number of nitrogens with two attached hydrogens (primary N) is 1. The fraction of sp³-hybridized carbons (Fsp3) is 0.556. The Hall–Kier alpha value is 0.0200. The lowest BCUT2D eigenvalue weighted by molar-refractivity contribution is -0.118. The van der Waals surface area contributed by atoms with Crippen molar-refractivity contribution in [3.63, 3.8) is 0 Å². The molecule has 94 valence electrons. The number of hydrogen-bond donors (Lipinski definition) is 2. The van der Waals surface area contributed by atoms with Crippen LogP contribution in [-0.4, -0.2) is 16.9 Å². The van der Waals surface area contributed by atoms with Crippen LogP contribution in [0.15, 0.2) is 5.38 Å². The predicted octanol–water partition coefficient (Wildman–Crippen LogP) is 2.53. The summed E-state index contributed by atoms with van der Waals surface area (Å²) in [5.41, 5.74) is 6.59. The normalized spacial score (nSPS) is 11.3. The number of amides is 1. The number of halogens is 2. The molecule has 1 aromatic rings. The summed E-state index contributed by atoms with van der Waals surface area (Å²) in [5.74, 6) is -0.0367. The highest BCUT2D eigenvalue weighted by atomic mass is 79.9. The predicted molar refractivity (Wildman–Crippen MR) is 78.9 cm³/mol. The van der Waals surface area contributed by atoms with Gasteiger partial charge in [0, 0.05) is 5.38 Å². The van der Waals surface area contributed by atoms with Gasteiger partial charge >= 0.3 is 0 Å². The standard InChI is InChI=1S/C9H15N3OS.2BrH/c1-5(2)7(10)8(13)12-9-11-6(3)4-14-9;;/h4-5,7H,10H2,1-3H3,(H,11,12,13);2*1H. The summed E-state index contributed by atoms with van der Waals surface area (Å²) in [4.78, 5) is 15.6. The Morgan fingerprint density at radius 2 is 2.06 bits per heavy atom. The first-order valence-electron chi connectivity index (χ1n) is 4.49. The van der Waals surface area contributed by atoms with Crippen molar-refractivity contribution in [1.82, 2.24) is 4.98 Å². The maximum absolute atomic E-state index is 11.5. The SMILES string of the molecule is Br.Br.Cc1csc(NC(=O)C(N)C(C)C)n1. The smallest absolute Gasteiger partial charge is 0.243 e. The van der Waals surface area contributed by atoms with Crippen molar-refractivity contribution in [3.8, 4) is 0 Å². The molecule has 0 aliphatic heterocycles. The number of hydrogen-bond acceptors (Lipinski definition) is 4. The molecule has 0 bridgehead atoms. The van der Waals surface area contributed by atoms with E-state index in [9.17, 15) is 4.79 Å². The van der Waals surface area contributed by atoms with E-state index in [1.54, 1.807) is 0 Å². The van der Waals surface area contributed by atoms with Crippen LogP contribution in [0, 0.1) is 12.8 Å². The summed E-state index contributed by atoms with van der Waals surface area (Å²) in [6, 6.07) is -0.473. The van der Waals surface area contributed by atoms with E-state index < -0.39 is 6.04 Å². The molecule has 0 radical (unpaired) electrons. The van der Waals surface area contributed by atoms with Gasteiger partial charge in [-0.3, -0.25) is 4.79 Å². The molecule has 0 aromatic carbocycles. The third-order valence-electron chi connectivity index (χ3n) is 1.87. The second-order valence-corrected chi connectivity index (χ2v) is 4.41. The Morgan fingerprint density at radius 3 is 2.44 bits per heavy atom. The van der Waals surface area contributed by atoms with E-state index in [4.69, 9.17) is 5.73 Å². The van der Waals surface area contributed by atoms with E-state index in [0.717, 1.165) is 5.69 Å². The molecular formula is C9H17Br2N3OS. The van der Waals surface area contributed by atoms with E-state index in [0.29, 0.717) is 5.13 Å². The summed E-state index contributed by atoms with van der Waals surface area (Å²) in [7, 11) is 0. The minimum atomic E-state index is -0.473. The Labute approximate surface area is 121 Å².